The molecule has 1 heterocycles. The second-order valence-electron chi connectivity index (χ2n) is 3.29. The Morgan fingerprint density at radius 3 is 2.93 bits per heavy atom. The first-order valence-electron chi connectivity index (χ1n) is 4.53. The molecule has 14 heavy (non-hydrogen) atoms. The standard InChI is InChI=1S/C9H16ClN3S/c1-7(6-14-3)11-5-9-12-4-8(10)13(9)2/h4,7,11H,5-6H2,1-3H3. The Bertz CT molecular complexity index is 288. The molecule has 1 aromatic heterocycles. The molecule has 0 spiro atoms. The maximum absolute atomic E-state index is 5.87. The molecule has 0 aromatic carbocycles. The molecule has 80 valence electrons. The number of aromatic nitrogens is 2. The lowest BCUT2D eigenvalue weighted by Crippen LogP contribution is -2.28. The Hall–Kier alpha value is -0.190. The third-order valence-corrected chi connectivity index (χ3v) is 3.24. The van der Waals surface area contributed by atoms with E-state index in [2.05, 4.69) is 23.5 Å². The lowest BCUT2D eigenvalue weighted by Gasteiger charge is -2.11. The van der Waals surface area contributed by atoms with Crippen LogP contribution < -0.4 is 5.32 Å². The Morgan fingerprint density at radius 1 is 1.71 bits per heavy atom. The highest BCUT2D eigenvalue weighted by molar-refractivity contribution is 7.98. The zero-order chi connectivity index (χ0) is 10.6. The monoisotopic (exact) mass is 233 g/mol. The summed E-state index contributed by atoms with van der Waals surface area (Å²) in [7, 11) is 1.92. The molecule has 1 atom stereocenters. The molecule has 0 amide bonds. The molecular formula is C9H16ClN3S. The summed E-state index contributed by atoms with van der Waals surface area (Å²) in [6.07, 6.45) is 3.79. The van der Waals surface area contributed by atoms with Gasteiger partial charge in [-0.1, -0.05) is 11.6 Å². The van der Waals surface area contributed by atoms with Gasteiger partial charge >= 0.3 is 0 Å². The highest BCUT2D eigenvalue weighted by Crippen LogP contribution is 2.08. The van der Waals surface area contributed by atoms with Crippen molar-refractivity contribution in [2.45, 2.75) is 19.5 Å². The van der Waals surface area contributed by atoms with Crippen molar-refractivity contribution in [1.29, 1.82) is 0 Å². The van der Waals surface area contributed by atoms with Gasteiger partial charge in [0.25, 0.3) is 0 Å². The SMILES string of the molecule is CSCC(C)NCc1ncc(Cl)n1C. The third-order valence-electron chi connectivity index (χ3n) is 2.05. The van der Waals surface area contributed by atoms with E-state index < -0.39 is 0 Å². The highest BCUT2D eigenvalue weighted by Gasteiger charge is 2.05. The largest absolute Gasteiger partial charge is 0.321 e. The van der Waals surface area contributed by atoms with E-state index in [1.165, 1.54) is 0 Å². The van der Waals surface area contributed by atoms with Gasteiger partial charge in [0.05, 0.1) is 12.7 Å². The van der Waals surface area contributed by atoms with Gasteiger partial charge in [-0.2, -0.15) is 11.8 Å². The van der Waals surface area contributed by atoms with E-state index >= 15 is 0 Å². The number of halogens is 1. The van der Waals surface area contributed by atoms with Crippen LogP contribution in [0.2, 0.25) is 5.15 Å². The molecule has 0 bridgehead atoms. The Balaban J connectivity index is 2.41. The number of nitrogens with zero attached hydrogens (tertiary/aromatic N) is 2. The van der Waals surface area contributed by atoms with E-state index in [-0.39, 0.29) is 0 Å². The van der Waals surface area contributed by atoms with Crippen LogP contribution in [0.25, 0.3) is 0 Å². The van der Waals surface area contributed by atoms with Gasteiger partial charge in [0, 0.05) is 18.8 Å². The summed E-state index contributed by atoms with van der Waals surface area (Å²) in [5.74, 6) is 2.08. The van der Waals surface area contributed by atoms with E-state index in [1.807, 2.05) is 23.4 Å². The molecule has 0 aliphatic carbocycles. The summed E-state index contributed by atoms with van der Waals surface area (Å²) in [5.41, 5.74) is 0. The minimum atomic E-state index is 0.500. The number of hydrogen-bond donors (Lipinski definition) is 1. The molecule has 3 nitrogen and oxygen atoms in total. The van der Waals surface area contributed by atoms with Crippen LogP contribution in [0.5, 0.6) is 0 Å². The van der Waals surface area contributed by atoms with Gasteiger partial charge in [0.2, 0.25) is 0 Å². The summed E-state index contributed by atoms with van der Waals surface area (Å²) in [6, 6.07) is 0.500. The van der Waals surface area contributed by atoms with Crippen molar-refractivity contribution in [3.8, 4) is 0 Å². The average Bonchev–Trinajstić information content (AvgIpc) is 2.46. The maximum Gasteiger partial charge on any atom is 0.128 e. The van der Waals surface area contributed by atoms with Crippen LogP contribution >= 0.6 is 23.4 Å². The fourth-order valence-corrected chi connectivity index (χ4v) is 1.93. The summed E-state index contributed by atoms with van der Waals surface area (Å²) in [4.78, 5) is 4.21. The molecule has 0 aliphatic rings. The van der Waals surface area contributed by atoms with E-state index in [1.54, 1.807) is 6.20 Å². The smallest absolute Gasteiger partial charge is 0.128 e. The van der Waals surface area contributed by atoms with E-state index in [4.69, 9.17) is 11.6 Å². The normalized spacial score (nSPS) is 13.1. The van der Waals surface area contributed by atoms with Crippen molar-refractivity contribution in [2.24, 2.45) is 7.05 Å². The van der Waals surface area contributed by atoms with Crippen molar-refractivity contribution in [2.75, 3.05) is 12.0 Å². The minimum absolute atomic E-state index is 0.500. The van der Waals surface area contributed by atoms with Crippen LogP contribution in [0.1, 0.15) is 12.7 Å². The highest BCUT2D eigenvalue weighted by atomic mass is 35.5. The molecule has 0 saturated carbocycles. The molecule has 5 heteroatoms. The van der Waals surface area contributed by atoms with Crippen LogP contribution in [0.3, 0.4) is 0 Å². The molecule has 0 saturated heterocycles. The van der Waals surface area contributed by atoms with Crippen molar-refractivity contribution in [3.63, 3.8) is 0 Å². The molecular weight excluding hydrogens is 218 g/mol. The lowest BCUT2D eigenvalue weighted by molar-refractivity contribution is 0.567. The fraction of sp³-hybridized carbons (Fsp3) is 0.667. The molecule has 1 unspecified atom stereocenters. The summed E-state index contributed by atoms with van der Waals surface area (Å²) in [6.45, 7) is 2.94. The Labute approximate surface area is 94.2 Å². The quantitative estimate of drug-likeness (QED) is 0.843. The Kier molecular flexibility index (Phi) is 4.78. The molecule has 0 fully saturated rings. The zero-order valence-corrected chi connectivity index (χ0v) is 10.3. The molecule has 0 aliphatic heterocycles. The van der Waals surface area contributed by atoms with Crippen LogP contribution in [0.4, 0.5) is 0 Å². The van der Waals surface area contributed by atoms with Gasteiger partial charge in [0.15, 0.2) is 0 Å². The van der Waals surface area contributed by atoms with E-state index in [0.717, 1.165) is 18.1 Å². The number of rotatable bonds is 5. The number of hydrogen-bond acceptors (Lipinski definition) is 3. The van der Waals surface area contributed by atoms with Gasteiger partial charge in [-0.3, -0.25) is 0 Å². The topological polar surface area (TPSA) is 29.9 Å². The van der Waals surface area contributed by atoms with Crippen molar-refractivity contribution >= 4 is 23.4 Å². The maximum atomic E-state index is 5.87. The molecule has 1 aromatic rings. The molecule has 0 radical (unpaired) electrons. The number of imidazole rings is 1. The average molecular weight is 234 g/mol. The predicted octanol–water partition coefficient (Wildman–Crippen LogP) is 1.91. The van der Waals surface area contributed by atoms with Gasteiger partial charge in [-0.25, -0.2) is 4.98 Å². The summed E-state index contributed by atoms with van der Waals surface area (Å²) in [5, 5.41) is 4.07. The first kappa shape index (κ1) is 11.9. The third kappa shape index (κ3) is 3.19. The van der Waals surface area contributed by atoms with Crippen molar-refractivity contribution in [1.82, 2.24) is 14.9 Å². The lowest BCUT2D eigenvalue weighted by atomic mass is 10.4. The second-order valence-corrected chi connectivity index (χ2v) is 4.59. The summed E-state index contributed by atoms with van der Waals surface area (Å²) >= 11 is 7.71. The van der Waals surface area contributed by atoms with Crippen molar-refractivity contribution in [3.05, 3.63) is 17.2 Å². The van der Waals surface area contributed by atoms with Crippen LogP contribution in [-0.4, -0.2) is 27.6 Å². The zero-order valence-electron chi connectivity index (χ0n) is 8.75. The van der Waals surface area contributed by atoms with E-state index in [9.17, 15) is 0 Å². The van der Waals surface area contributed by atoms with Gasteiger partial charge in [-0.05, 0) is 13.2 Å². The number of nitrogens with one attached hydrogen (secondary N) is 1. The van der Waals surface area contributed by atoms with Crippen LogP contribution in [0.15, 0.2) is 6.20 Å². The van der Waals surface area contributed by atoms with Crippen LogP contribution in [-0.2, 0) is 13.6 Å². The second kappa shape index (κ2) is 5.63. The Morgan fingerprint density at radius 2 is 2.43 bits per heavy atom. The molecule has 1 N–H and O–H groups in total. The fourth-order valence-electron chi connectivity index (χ4n) is 1.16. The minimum Gasteiger partial charge on any atom is -0.321 e. The van der Waals surface area contributed by atoms with Gasteiger partial charge in [0.1, 0.15) is 11.0 Å². The first-order valence-corrected chi connectivity index (χ1v) is 6.30. The predicted molar refractivity (Wildman–Crippen MR) is 62.9 cm³/mol. The van der Waals surface area contributed by atoms with E-state index in [0.29, 0.717) is 11.2 Å². The van der Waals surface area contributed by atoms with Gasteiger partial charge in [-0.15, -0.1) is 0 Å². The van der Waals surface area contributed by atoms with Crippen molar-refractivity contribution < 1.29 is 0 Å². The first-order chi connectivity index (χ1) is 6.65. The van der Waals surface area contributed by atoms with Gasteiger partial charge < -0.3 is 9.88 Å². The number of thioether (sulfide) groups is 1. The molecule has 1 rings (SSSR count). The summed E-state index contributed by atoms with van der Waals surface area (Å²) < 4.78 is 1.89. The van der Waals surface area contributed by atoms with Crippen LogP contribution in [0, 0.1) is 0 Å².